The molecule has 0 radical (unpaired) electrons. The number of ether oxygens (including phenoxy) is 11. The largest absolute Gasteiger partial charge is 0.506 e. The number of amides is 5. The quantitative estimate of drug-likeness (QED) is 0.0153. The Kier molecular flexibility index (Phi) is 45.8. The summed E-state index contributed by atoms with van der Waals surface area (Å²) in [6.07, 6.45) is 7.16. The van der Waals surface area contributed by atoms with Gasteiger partial charge in [-0.15, -0.1) is 0 Å². The number of benzene rings is 6. The maximum Gasteiger partial charge on any atom is 0.412 e. The van der Waals surface area contributed by atoms with Gasteiger partial charge in [-0.05, 0) is 141 Å². The summed E-state index contributed by atoms with van der Waals surface area (Å²) in [5, 5.41) is 15.7. The molecule has 17 N–H and O–H groups in total. The molecule has 666 valence electrons. The fourth-order valence-electron chi connectivity index (χ4n) is 12.2. The van der Waals surface area contributed by atoms with Gasteiger partial charge in [-0.25, -0.2) is 9.59 Å². The number of aromatic nitrogens is 1. The number of fused-ring (bicyclic) bond motifs is 1. The molecule has 4 heterocycles. The van der Waals surface area contributed by atoms with Crippen molar-refractivity contribution in [2.75, 3.05) is 187 Å². The van der Waals surface area contributed by atoms with E-state index in [9.17, 15) is 38.7 Å². The first-order chi connectivity index (χ1) is 58.8. The molecule has 0 aliphatic carbocycles. The number of nitrogens with one attached hydrogen (secondary N) is 2. The van der Waals surface area contributed by atoms with Crippen LogP contribution in [0.15, 0.2) is 126 Å². The number of alkyl carbamates (subject to hydrolysis) is 1. The van der Waals surface area contributed by atoms with Gasteiger partial charge in [-0.2, -0.15) is 0 Å². The number of nitrogens with zero attached hydrogens (tertiary/aromatic N) is 4. The smallest absolute Gasteiger partial charge is 0.412 e. The van der Waals surface area contributed by atoms with Crippen molar-refractivity contribution in [3.63, 3.8) is 0 Å². The topological polar surface area (TPSA) is 483 Å². The van der Waals surface area contributed by atoms with Crippen LogP contribution in [0.5, 0.6) is 28.7 Å². The Hall–Kier alpha value is -12.1. The number of nitrogens with two attached hydrogens (primary N) is 7. The van der Waals surface area contributed by atoms with Crippen molar-refractivity contribution in [2.45, 2.75) is 113 Å². The Morgan fingerprint density at radius 2 is 1.10 bits per heavy atom. The van der Waals surface area contributed by atoms with Crippen LogP contribution in [0.1, 0.15) is 128 Å². The van der Waals surface area contributed by atoms with Gasteiger partial charge >= 0.3 is 12.2 Å². The standard InChI is InChI=1S/C17H33N3O6.C17H20N2O4.C16H20N2O5.C14H19NO2.C13H14N2O.C12H19N3O2/c1-2-16(21)19-3-7-23-11-13-25-9-5-20(17(22)15-18)6-10-26-14-12-24-8-4-19;1-11-6-12(8-13(18)7-11)10-23-17(20)19-15-5-4-14(21-2)9-16(15)22-3;1-9-10-8-11(17)14(20-2)15(21-3)13(10)23-12(9)16(19)18-4-6-22-7-5-18;1-2-11(16)7-3-6-10-14(17)12-8-4-5-9-13(12)15;1-2-9-5-6-10(8-11(9)14)13-12(16)4-3-7-15-13;1-2-3-4-15-12(16)17-8-9-5-10(13)7-11(14)6-9/h2-15,18H2,1H3;4-9H,10,18H2,1-3H3,(H,19,20);8H,4-7,17H2,1-3H3;4-5,8-9H,2-3,6-7,10,15H2,1H3;3-8,16H,2,14H2,1H3;5-7H,2-4,8,13-14H2,1H3,(H,15,16). The summed E-state index contributed by atoms with van der Waals surface area (Å²) in [4.78, 5) is 91.8. The molecule has 2 aliphatic heterocycles. The fraction of sp³-hybridized carbons (Fsp3) is 0.438. The van der Waals surface area contributed by atoms with Crippen LogP contribution in [0.3, 0.4) is 0 Å². The minimum absolute atomic E-state index is 0.0286. The van der Waals surface area contributed by atoms with E-state index in [2.05, 4.69) is 29.5 Å². The van der Waals surface area contributed by atoms with E-state index in [-0.39, 0.29) is 54.8 Å². The van der Waals surface area contributed by atoms with Crippen molar-refractivity contribution < 1.29 is 95.2 Å². The van der Waals surface area contributed by atoms with Gasteiger partial charge in [0.05, 0.1) is 112 Å². The summed E-state index contributed by atoms with van der Waals surface area (Å²) in [6, 6.07) is 33.6. The van der Waals surface area contributed by atoms with Crippen molar-refractivity contribution in [2.24, 2.45) is 5.73 Å². The van der Waals surface area contributed by atoms with Crippen molar-refractivity contribution in [3.05, 3.63) is 161 Å². The van der Waals surface area contributed by atoms with Gasteiger partial charge in [-0.3, -0.25) is 34.3 Å². The number of carbonyl (C=O) groups is 7. The van der Waals surface area contributed by atoms with Gasteiger partial charge in [0.1, 0.15) is 41.9 Å². The number of hydrogen-bond donors (Lipinski definition) is 10. The zero-order valence-electron chi connectivity index (χ0n) is 72.1. The van der Waals surface area contributed by atoms with E-state index >= 15 is 0 Å². The molecular formula is C89H125N13O20. The van der Waals surface area contributed by atoms with Crippen molar-refractivity contribution in [1.82, 2.24) is 25.0 Å². The van der Waals surface area contributed by atoms with E-state index in [1.54, 1.807) is 101 Å². The number of anilines is 7. The lowest BCUT2D eigenvalue weighted by atomic mass is 10.0. The Morgan fingerprint density at radius 3 is 1.63 bits per heavy atom. The second kappa shape index (κ2) is 55.6. The number of ketones is 2. The number of para-hydroxylation sites is 1. The second-order valence-electron chi connectivity index (χ2n) is 27.8. The lowest BCUT2D eigenvalue weighted by Crippen LogP contribution is -2.40. The van der Waals surface area contributed by atoms with Crippen LogP contribution in [-0.2, 0) is 67.2 Å². The Balaban J connectivity index is 0.000000262. The second-order valence-corrected chi connectivity index (χ2v) is 27.8. The number of carbonyl (C=O) groups excluding carboxylic acids is 7. The Labute approximate surface area is 714 Å². The summed E-state index contributed by atoms with van der Waals surface area (Å²) in [7, 11) is 6.10. The molecule has 0 bridgehead atoms. The van der Waals surface area contributed by atoms with Gasteiger partial charge in [0.15, 0.2) is 22.9 Å². The SMILES string of the molecule is CCC(=O)CCCCC(=O)c1ccccc1N.CCC(=O)N1CCOCCOCCN(C(=O)CN)CCOCCOCC1.CCCCNC(=O)OCc1cc(N)cc(N)c1.CCc1ccc(-c2ncccc2O)cc1N.COc1c(N)cc2c(C)c(C(=O)N3CCOCC3)oc2c1OC.COc1ccc(NC(=O)OCc2cc(C)cc(N)c2)c(OC)c1. The van der Waals surface area contributed by atoms with Crippen LogP contribution in [0.25, 0.3) is 22.2 Å². The Bertz CT molecular complexity index is 4480. The Morgan fingerprint density at radius 1 is 0.533 bits per heavy atom. The number of furan rings is 1. The molecule has 33 nitrogen and oxygen atoms in total. The van der Waals surface area contributed by atoms with E-state index < -0.39 is 12.2 Å². The molecule has 2 fully saturated rings. The molecule has 0 spiro atoms. The number of unbranched alkanes of at least 4 members (excludes halogenated alkanes) is 2. The first kappa shape index (κ1) is 100. The van der Waals surface area contributed by atoms with Crippen LogP contribution in [0.2, 0.25) is 0 Å². The highest BCUT2D eigenvalue weighted by Crippen LogP contribution is 2.44. The molecule has 0 unspecified atom stereocenters. The van der Waals surface area contributed by atoms with Gasteiger partial charge in [0, 0.05) is 134 Å². The number of nitrogen functional groups attached to an aromatic ring is 6. The molecular weight excluding hydrogens is 1570 g/mol. The molecule has 0 atom stereocenters. The first-order valence-electron chi connectivity index (χ1n) is 40.6. The summed E-state index contributed by atoms with van der Waals surface area (Å²) in [5.74, 6) is 2.52. The lowest BCUT2D eigenvalue weighted by Gasteiger charge is -2.26. The number of Topliss-reactive ketones (excluding diaryl/α,β-unsaturated/α-hetero) is 2. The third kappa shape index (κ3) is 34.9. The number of hydrogen-bond acceptors (Lipinski definition) is 28. The van der Waals surface area contributed by atoms with Crippen LogP contribution in [-0.4, -0.2) is 213 Å². The van der Waals surface area contributed by atoms with Gasteiger partial charge in [-0.1, -0.05) is 64.4 Å². The maximum atomic E-state index is 12.7. The molecule has 8 aromatic rings. The van der Waals surface area contributed by atoms with Crippen LogP contribution < -0.4 is 69.7 Å². The van der Waals surface area contributed by atoms with Crippen molar-refractivity contribution in [3.8, 4) is 40.0 Å². The monoisotopic (exact) mass is 1700 g/mol. The highest BCUT2D eigenvalue weighted by atomic mass is 16.6. The predicted molar refractivity (Wildman–Crippen MR) is 472 cm³/mol. The van der Waals surface area contributed by atoms with E-state index in [0.29, 0.717) is 217 Å². The molecule has 2 saturated heterocycles. The molecule has 0 saturated carbocycles. The third-order valence-electron chi connectivity index (χ3n) is 18.8. The molecule has 5 amide bonds. The fourth-order valence-corrected chi connectivity index (χ4v) is 12.2. The molecule has 2 aliphatic rings. The number of pyridine rings is 1. The summed E-state index contributed by atoms with van der Waals surface area (Å²) in [6.45, 7) is 20.2. The zero-order valence-corrected chi connectivity index (χ0v) is 72.1. The molecule has 122 heavy (non-hydrogen) atoms. The number of rotatable bonds is 24. The predicted octanol–water partition coefficient (Wildman–Crippen LogP) is 11.7. The molecule has 33 heteroatoms. The average molecular weight is 1700 g/mol. The third-order valence-corrected chi connectivity index (χ3v) is 18.8. The minimum Gasteiger partial charge on any atom is -0.506 e. The van der Waals surface area contributed by atoms with Crippen molar-refractivity contribution in [1.29, 1.82) is 0 Å². The van der Waals surface area contributed by atoms with Crippen molar-refractivity contribution >= 4 is 92.3 Å². The van der Waals surface area contributed by atoms with E-state index in [0.717, 1.165) is 76.6 Å². The van der Waals surface area contributed by atoms with Crippen LogP contribution >= 0.6 is 0 Å². The zero-order chi connectivity index (χ0) is 89.3. The lowest BCUT2D eigenvalue weighted by molar-refractivity contribution is -0.133. The van der Waals surface area contributed by atoms with Crippen LogP contribution in [0, 0.1) is 13.8 Å². The minimum atomic E-state index is -0.575. The van der Waals surface area contributed by atoms with Gasteiger partial charge < -0.3 is 122 Å². The first-order valence-corrected chi connectivity index (χ1v) is 40.6. The maximum absolute atomic E-state index is 12.7. The van der Waals surface area contributed by atoms with E-state index in [1.165, 1.54) is 21.3 Å². The number of aromatic hydroxyl groups is 1. The average Bonchev–Trinajstić information content (AvgIpc) is 1.60. The van der Waals surface area contributed by atoms with Gasteiger partial charge in [0.25, 0.3) is 5.91 Å². The van der Waals surface area contributed by atoms with E-state index in [1.807, 2.05) is 70.2 Å². The van der Waals surface area contributed by atoms with Crippen LogP contribution in [0.4, 0.5) is 49.4 Å². The normalized spacial score (nSPS) is 13.2. The highest BCUT2D eigenvalue weighted by Gasteiger charge is 2.28. The highest BCUT2D eigenvalue weighted by molar-refractivity contribution is 6.03. The van der Waals surface area contributed by atoms with E-state index in [4.69, 9.17) is 96.7 Å². The summed E-state index contributed by atoms with van der Waals surface area (Å²) >= 11 is 0. The molecule has 6 aromatic carbocycles. The number of aryl methyl sites for hydroxylation is 3. The number of morpholine rings is 1. The number of methoxy groups -OCH3 is 4. The summed E-state index contributed by atoms with van der Waals surface area (Å²) in [5.41, 5.74) is 51.0. The van der Waals surface area contributed by atoms with Gasteiger partial charge in [0.2, 0.25) is 17.6 Å². The molecule has 2 aromatic heterocycles. The molecule has 10 rings (SSSR count). The summed E-state index contributed by atoms with van der Waals surface area (Å²) < 4.78 is 64.4.